The van der Waals surface area contributed by atoms with Crippen molar-refractivity contribution in [1.29, 1.82) is 0 Å². The molecule has 1 aliphatic carbocycles. The molecule has 2 rings (SSSR count). The number of esters is 1. The third-order valence-electron chi connectivity index (χ3n) is 3.37. The third-order valence-corrected chi connectivity index (χ3v) is 4.54. The van der Waals surface area contributed by atoms with Gasteiger partial charge in [-0.05, 0) is 62.8 Å². The highest BCUT2D eigenvalue weighted by molar-refractivity contribution is 8.01. The fourth-order valence-electron chi connectivity index (χ4n) is 2.36. The molecule has 0 N–H and O–H groups in total. The van der Waals surface area contributed by atoms with Crippen molar-refractivity contribution in [3.63, 3.8) is 0 Å². The van der Waals surface area contributed by atoms with Gasteiger partial charge in [0.25, 0.3) is 0 Å². The van der Waals surface area contributed by atoms with Crippen LogP contribution in [0.1, 0.15) is 37.8 Å². The number of carbonyl (C=O) groups is 1. The SMILES string of the molecule is COC(=O)C(C)(C)Sc1ccc2c(c1)CCCC2. The van der Waals surface area contributed by atoms with Crippen molar-refractivity contribution in [2.75, 3.05) is 7.11 Å². The maximum Gasteiger partial charge on any atom is 0.321 e. The summed E-state index contributed by atoms with van der Waals surface area (Å²) in [4.78, 5) is 12.8. The van der Waals surface area contributed by atoms with Gasteiger partial charge in [-0.2, -0.15) is 0 Å². The predicted molar refractivity (Wildman–Crippen MR) is 75.0 cm³/mol. The van der Waals surface area contributed by atoms with Crippen LogP contribution in [0.15, 0.2) is 23.1 Å². The van der Waals surface area contributed by atoms with Crippen LogP contribution in [0.3, 0.4) is 0 Å². The molecule has 0 amide bonds. The Bertz CT molecular complexity index is 452. The Labute approximate surface area is 113 Å². The lowest BCUT2D eigenvalue weighted by Gasteiger charge is -2.22. The van der Waals surface area contributed by atoms with Gasteiger partial charge in [0.05, 0.1) is 7.11 Å². The standard InChI is InChI=1S/C15H20O2S/c1-15(2,14(16)17-3)18-13-9-8-11-6-4-5-7-12(11)10-13/h8-10H,4-7H2,1-3H3. The molecule has 3 heteroatoms. The van der Waals surface area contributed by atoms with Crippen LogP contribution in [-0.4, -0.2) is 17.8 Å². The molecule has 1 aliphatic rings. The van der Waals surface area contributed by atoms with Gasteiger partial charge in [0, 0.05) is 4.90 Å². The lowest BCUT2D eigenvalue weighted by Crippen LogP contribution is -2.28. The number of benzene rings is 1. The second kappa shape index (κ2) is 5.35. The van der Waals surface area contributed by atoms with Gasteiger partial charge in [0.1, 0.15) is 4.75 Å². The number of thioether (sulfide) groups is 1. The minimum Gasteiger partial charge on any atom is -0.468 e. The Kier molecular flexibility index (Phi) is 4.00. The molecule has 0 heterocycles. The first-order chi connectivity index (χ1) is 8.53. The van der Waals surface area contributed by atoms with Crippen LogP contribution < -0.4 is 0 Å². The summed E-state index contributed by atoms with van der Waals surface area (Å²) in [6.45, 7) is 3.81. The topological polar surface area (TPSA) is 26.3 Å². The van der Waals surface area contributed by atoms with E-state index in [0.717, 1.165) is 4.90 Å². The average molecular weight is 264 g/mol. The Hall–Kier alpha value is -0.960. The van der Waals surface area contributed by atoms with Crippen LogP contribution in [0.4, 0.5) is 0 Å². The van der Waals surface area contributed by atoms with Crippen molar-refractivity contribution in [3.8, 4) is 0 Å². The number of fused-ring (bicyclic) bond motifs is 1. The molecule has 0 aromatic heterocycles. The molecule has 2 nitrogen and oxygen atoms in total. The first-order valence-corrected chi connectivity index (χ1v) is 7.24. The second-order valence-corrected chi connectivity index (χ2v) is 6.94. The van der Waals surface area contributed by atoms with Gasteiger partial charge < -0.3 is 4.74 Å². The molecule has 0 bridgehead atoms. The normalized spacial score (nSPS) is 15.1. The molecule has 1 aromatic carbocycles. The van der Waals surface area contributed by atoms with Gasteiger partial charge in [0.15, 0.2) is 0 Å². The molecule has 0 atom stereocenters. The van der Waals surface area contributed by atoms with E-state index < -0.39 is 4.75 Å². The van der Waals surface area contributed by atoms with Crippen molar-refractivity contribution in [2.45, 2.75) is 49.2 Å². The minimum absolute atomic E-state index is 0.176. The van der Waals surface area contributed by atoms with Crippen LogP contribution in [0.5, 0.6) is 0 Å². The lowest BCUT2D eigenvalue weighted by atomic mass is 9.92. The predicted octanol–water partition coefficient (Wildman–Crippen LogP) is 3.61. The molecule has 0 fully saturated rings. The van der Waals surface area contributed by atoms with Crippen molar-refractivity contribution in [1.82, 2.24) is 0 Å². The summed E-state index contributed by atoms with van der Waals surface area (Å²) in [6, 6.07) is 6.58. The smallest absolute Gasteiger partial charge is 0.321 e. The average Bonchev–Trinajstić information content (AvgIpc) is 2.37. The van der Waals surface area contributed by atoms with E-state index in [4.69, 9.17) is 4.74 Å². The molecule has 0 radical (unpaired) electrons. The number of aryl methyl sites for hydroxylation is 2. The van der Waals surface area contributed by atoms with Crippen LogP contribution in [0.2, 0.25) is 0 Å². The monoisotopic (exact) mass is 264 g/mol. The van der Waals surface area contributed by atoms with E-state index in [9.17, 15) is 4.79 Å². The number of methoxy groups -OCH3 is 1. The van der Waals surface area contributed by atoms with Crippen LogP contribution in [0, 0.1) is 0 Å². The molecule has 1 aromatic rings. The fourth-order valence-corrected chi connectivity index (χ4v) is 3.45. The summed E-state index contributed by atoms with van der Waals surface area (Å²) >= 11 is 1.58. The number of hydrogen-bond donors (Lipinski definition) is 0. The summed E-state index contributed by atoms with van der Waals surface area (Å²) in [7, 11) is 1.44. The summed E-state index contributed by atoms with van der Waals surface area (Å²) in [6.07, 6.45) is 4.94. The molecule has 0 aliphatic heterocycles. The van der Waals surface area contributed by atoms with Crippen molar-refractivity contribution in [2.24, 2.45) is 0 Å². The number of hydrogen-bond acceptors (Lipinski definition) is 3. The molecule has 0 saturated heterocycles. The number of ether oxygens (including phenoxy) is 1. The van der Waals surface area contributed by atoms with Crippen LogP contribution in [-0.2, 0) is 22.4 Å². The van der Waals surface area contributed by atoms with Gasteiger partial charge in [-0.15, -0.1) is 11.8 Å². The van der Waals surface area contributed by atoms with Gasteiger partial charge in [-0.25, -0.2) is 0 Å². The quantitative estimate of drug-likeness (QED) is 0.616. The molecule has 0 saturated carbocycles. The zero-order valence-electron chi connectivity index (χ0n) is 11.3. The van der Waals surface area contributed by atoms with E-state index in [1.54, 1.807) is 11.8 Å². The number of carbonyl (C=O) groups excluding carboxylic acids is 1. The van der Waals surface area contributed by atoms with Gasteiger partial charge in [0.2, 0.25) is 0 Å². The van der Waals surface area contributed by atoms with E-state index in [0.29, 0.717) is 0 Å². The van der Waals surface area contributed by atoms with Crippen molar-refractivity contribution in [3.05, 3.63) is 29.3 Å². The Morgan fingerprint density at radius 3 is 2.56 bits per heavy atom. The van der Waals surface area contributed by atoms with E-state index in [1.807, 2.05) is 13.8 Å². The minimum atomic E-state index is -0.530. The summed E-state index contributed by atoms with van der Waals surface area (Å²) in [5.74, 6) is -0.176. The highest BCUT2D eigenvalue weighted by Gasteiger charge is 2.30. The van der Waals surface area contributed by atoms with Gasteiger partial charge in [-0.3, -0.25) is 4.79 Å². The van der Waals surface area contributed by atoms with Crippen molar-refractivity contribution < 1.29 is 9.53 Å². The van der Waals surface area contributed by atoms with E-state index in [1.165, 1.54) is 43.9 Å². The van der Waals surface area contributed by atoms with E-state index >= 15 is 0 Å². The van der Waals surface area contributed by atoms with Gasteiger partial charge in [-0.1, -0.05) is 6.07 Å². The highest BCUT2D eigenvalue weighted by Crippen LogP contribution is 2.35. The van der Waals surface area contributed by atoms with Crippen LogP contribution >= 0.6 is 11.8 Å². The number of rotatable bonds is 3. The third kappa shape index (κ3) is 2.89. The fraction of sp³-hybridized carbons (Fsp3) is 0.533. The molecular formula is C15H20O2S. The van der Waals surface area contributed by atoms with Crippen molar-refractivity contribution >= 4 is 17.7 Å². The Balaban J connectivity index is 2.17. The first-order valence-electron chi connectivity index (χ1n) is 6.42. The van der Waals surface area contributed by atoms with Gasteiger partial charge >= 0.3 is 5.97 Å². The Morgan fingerprint density at radius 1 is 1.22 bits per heavy atom. The van der Waals surface area contributed by atoms with E-state index in [2.05, 4.69) is 18.2 Å². The highest BCUT2D eigenvalue weighted by atomic mass is 32.2. The zero-order chi connectivity index (χ0) is 13.2. The summed E-state index contributed by atoms with van der Waals surface area (Å²) in [5, 5.41) is 0. The molecular weight excluding hydrogens is 244 g/mol. The molecule has 18 heavy (non-hydrogen) atoms. The van der Waals surface area contributed by atoms with E-state index in [-0.39, 0.29) is 5.97 Å². The zero-order valence-corrected chi connectivity index (χ0v) is 12.1. The summed E-state index contributed by atoms with van der Waals surface area (Å²) < 4.78 is 4.31. The second-order valence-electron chi connectivity index (χ2n) is 5.24. The lowest BCUT2D eigenvalue weighted by molar-refractivity contribution is -0.142. The maximum absolute atomic E-state index is 11.7. The Morgan fingerprint density at radius 2 is 1.89 bits per heavy atom. The van der Waals surface area contributed by atoms with Crippen LogP contribution in [0.25, 0.3) is 0 Å². The molecule has 0 spiro atoms. The largest absolute Gasteiger partial charge is 0.468 e. The first kappa shape index (κ1) is 13.5. The molecule has 0 unspecified atom stereocenters. The summed E-state index contributed by atoms with van der Waals surface area (Å²) in [5.41, 5.74) is 2.92. The molecule has 98 valence electrons. The maximum atomic E-state index is 11.7.